The maximum absolute atomic E-state index is 13.1. The number of nitrogens with zero attached hydrogens (tertiary/aromatic N) is 4. The average molecular weight is 609 g/mol. The molecule has 0 spiro atoms. The number of sulfonamides is 1. The first kappa shape index (κ1) is 29.4. The summed E-state index contributed by atoms with van der Waals surface area (Å²) in [7, 11) is -3.41. The van der Waals surface area contributed by atoms with Crippen LogP contribution in [0.4, 0.5) is 0 Å². The summed E-state index contributed by atoms with van der Waals surface area (Å²) >= 11 is 1.87. The number of rotatable bonds is 10. The molecule has 1 aromatic heterocycles. The first-order valence-electron chi connectivity index (χ1n) is 14.6. The van der Waals surface area contributed by atoms with Crippen LogP contribution in [0, 0.1) is 6.92 Å². The lowest BCUT2D eigenvalue weighted by Gasteiger charge is -2.37. The highest BCUT2D eigenvalue weighted by molar-refractivity contribution is 8.01. The minimum Gasteiger partial charge on any atom is -0.249 e. The van der Waals surface area contributed by atoms with Crippen molar-refractivity contribution in [3.63, 3.8) is 0 Å². The van der Waals surface area contributed by atoms with E-state index < -0.39 is 14.8 Å². The molecule has 2 unspecified atom stereocenters. The van der Waals surface area contributed by atoms with Gasteiger partial charge in [0.2, 0.25) is 10.0 Å². The highest BCUT2D eigenvalue weighted by atomic mass is 32.2. The molecule has 2 heterocycles. The van der Waals surface area contributed by atoms with E-state index in [4.69, 9.17) is 0 Å². The monoisotopic (exact) mass is 608 g/mol. The molecule has 43 heavy (non-hydrogen) atoms. The minimum atomic E-state index is -3.41. The van der Waals surface area contributed by atoms with E-state index in [0.717, 1.165) is 23.4 Å². The van der Waals surface area contributed by atoms with Crippen molar-refractivity contribution in [2.45, 2.75) is 42.3 Å². The molecule has 6 rings (SSSR count). The summed E-state index contributed by atoms with van der Waals surface area (Å²) in [5, 5.41) is 8.95. The fraction of sp³-hybridized carbons (Fsp3) is 0.257. The fourth-order valence-corrected chi connectivity index (χ4v) is 9.43. The zero-order valence-corrected chi connectivity index (χ0v) is 26.1. The van der Waals surface area contributed by atoms with Crippen LogP contribution in [-0.2, 0) is 21.3 Å². The van der Waals surface area contributed by atoms with Gasteiger partial charge in [-0.3, -0.25) is 0 Å². The zero-order chi connectivity index (χ0) is 29.9. The number of hydrogen-bond acceptors (Lipinski definition) is 5. The van der Waals surface area contributed by atoms with E-state index >= 15 is 0 Å². The van der Waals surface area contributed by atoms with Gasteiger partial charge in [-0.2, -0.15) is 4.31 Å². The highest BCUT2D eigenvalue weighted by Crippen LogP contribution is 2.52. The van der Waals surface area contributed by atoms with Crippen molar-refractivity contribution in [3.05, 3.63) is 144 Å². The second kappa shape index (κ2) is 12.5. The number of benzene rings is 4. The number of aryl methyl sites for hydroxylation is 1. The van der Waals surface area contributed by atoms with E-state index in [2.05, 4.69) is 83.1 Å². The normalized spacial score (nSPS) is 17.7. The molecule has 220 valence electrons. The molecule has 0 radical (unpaired) electrons. The molecule has 1 aliphatic heterocycles. The molecule has 2 atom stereocenters. The first-order chi connectivity index (χ1) is 20.9. The van der Waals surface area contributed by atoms with Crippen LogP contribution in [0.3, 0.4) is 0 Å². The maximum Gasteiger partial charge on any atom is 0.211 e. The van der Waals surface area contributed by atoms with Gasteiger partial charge >= 0.3 is 0 Å². The highest BCUT2D eigenvalue weighted by Gasteiger charge is 2.45. The quantitative estimate of drug-likeness (QED) is 0.164. The molecule has 0 amide bonds. The molecule has 4 aromatic carbocycles. The van der Waals surface area contributed by atoms with Crippen molar-refractivity contribution in [3.8, 4) is 11.3 Å². The lowest BCUT2D eigenvalue weighted by Crippen LogP contribution is -2.36. The van der Waals surface area contributed by atoms with Crippen molar-refractivity contribution in [1.29, 1.82) is 0 Å². The third kappa shape index (κ3) is 6.05. The van der Waals surface area contributed by atoms with Gasteiger partial charge in [0.25, 0.3) is 0 Å². The van der Waals surface area contributed by atoms with E-state index in [1.807, 2.05) is 71.9 Å². The van der Waals surface area contributed by atoms with Crippen LogP contribution in [-0.4, -0.2) is 51.8 Å². The van der Waals surface area contributed by atoms with E-state index in [1.54, 1.807) is 4.31 Å². The molecule has 5 aromatic rings. The van der Waals surface area contributed by atoms with Gasteiger partial charge in [0.1, 0.15) is 5.69 Å². The molecular weight excluding hydrogens is 573 g/mol. The Labute approximate surface area is 258 Å². The molecule has 0 N–H and O–H groups in total. The molecular formula is C35H36N4O2S2. The first-order valence-corrected chi connectivity index (χ1v) is 17.4. The van der Waals surface area contributed by atoms with Crippen LogP contribution in [0.1, 0.15) is 35.2 Å². The smallest absolute Gasteiger partial charge is 0.211 e. The molecule has 0 aliphatic carbocycles. The number of thioether (sulfide) groups is 1. The Morgan fingerprint density at radius 1 is 0.791 bits per heavy atom. The molecule has 1 fully saturated rings. The minimum absolute atomic E-state index is 0.0806. The second-order valence-electron chi connectivity index (χ2n) is 11.1. The topological polar surface area (TPSA) is 68.1 Å². The van der Waals surface area contributed by atoms with Crippen molar-refractivity contribution < 1.29 is 8.42 Å². The lowest BCUT2D eigenvalue weighted by molar-refractivity contribution is 0.349. The van der Waals surface area contributed by atoms with Gasteiger partial charge < -0.3 is 0 Å². The molecule has 0 saturated carbocycles. The second-order valence-corrected chi connectivity index (χ2v) is 14.6. The van der Waals surface area contributed by atoms with Gasteiger partial charge in [-0.15, -0.1) is 16.9 Å². The molecule has 1 saturated heterocycles. The van der Waals surface area contributed by atoms with Crippen LogP contribution < -0.4 is 0 Å². The van der Waals surface area contributed by atoms with Crippen LogP contribution in [0.15, 0.2) is 121 Å². The molecule has 8 heteroatoms. The third-order valence-electron chi connectivity index (χ3n) is 8.34. The Hall–Kier alpha value is -3.72. The summed E-state index contributed by atoms with van der Waals surface area (Å²) in [5.74, 6) is 0. The number of aromatic nitrogens is 3. The third-order valence-corrected chi connectivity index (χ3v) is 11.4. The van der Waals surface area contributed by atoms with E-state index in [0.29, 0.717) is 19.5 Å². The number of hydrogen-bond donors (Lipinski definition) is 0. The van der Waals surface area contributed by atoms with Crippen molar-refractivity contribution >= 4 is 21.8 Å². The van der Waals surface area contributed by atoms with Crippen molar-refractivity contribution in [1.82, 2.24) is 19.3 Å². The molecule has 1 aliphatic rings. The Bertz CT molecular complexity index is 1650. The Morgan fingerprint density at radius 2 is 1.28 bits per heavy atom. The summed E-state index contributed by atoms with van der Waals surface area (Å²) < 4.78 is 29.3. The SMILES string of the molecule is Cc1c(-c2ccccc2)nnn1CCC1CC(SC(c2ccccc2)(c2ccccc2)c2ccccc2)CN1S(C)(=O)=O. The summed E-state index contributed by atoms with van der Waals surface area (Å²) in [6, 6.07) is 41.7. The fourth-order valence-electron chi connectivity index (χ4n) is 6.28. The van der Waals surface area contributed by atoms with E-state index in [-0.39, 0.29) is 11.3 Å². The summed E-state index contributed by atoms with van der Waals surface area (Å²) in [4.78, 5) is 0. The predicted octanol–water partition coefficient (Wildman–Crippen LogP) is 6.77. The predicted molar refractivity (Wildman–Crippen MR) is 175 cm³/mol. The van der Waals surface area contributed by atoms with Crippen molar-refractivity contribution in [2.24, 2.45) is 0 Å². The van der Waals surface area contributed by atoms with Crippen LogP contribution in [0.5, 0.6) is 0 Å². The summed E-state index contributed by atoms with van der Waals surface area (Å²) in [5.41, 5.74) is 6.41. The van der Waals surface area contributed by atoms with Gasteiger partial charge in [0.15, 0.2) is 0 Å². The van der Waals surface area contributed by atoms with Gasteiger partial charge in [-0.1, -0.05) is 127 Å². The molecule has 6 nitrogen and oxygen atoms in total. The van der Waals surface area contributed by atoms with Crippen LogP contribution in [0.25, 0.3) is 11.3 Å². The Kier molecular flexibility index (Phi) is 8.52. The largest absolute Gasteiger partial charge is 0.249 e. The maximum atomic E-state index is 13.1. The summed E-state index contributed by atoms with van der Waals surface area (Å²) in [6.07, 6.45) is 2.75. The zero-order valence-electron chi connectivity index (χ0n) is 24.5. The molecule has 0 bridgehead atoms. The standard InChI is InChI=1S/C35H36N4O2S2/c1-27-34(28-15-7-3-8-16-28)36-37-38(27)24-23-32-25-33(26-39(32)43(2,40)41)42-35(29-17-9-4-10-18-29,30-19-11-5-12-20-30)31-21-13-6-14-22-31/h3-22,32-33H,23-26H2,1-2H3. The van der Waals surface area contributed by atoms with Gasteiger partial charge in [0.05, 0.1) is 16.7 Å². The van der Waals surface area contributed by atoms with Crippen LogP contribution in [0.2, 0.25) is 0 Å². The van der Waals surface area contributed by atoms with Gasteiger partial charge in [-0.05, 0) is 36.5 Å². The average Bonchev–Trinajstić information content (AvgIpc) is 3.63. The van der Waals surface area contributed by atoms with Crippen molar-refractivity contribution in [2.75, 3.05) is 12.8 Å². The van der Waals surface area contributed by atoms with E-state index in [9.17, 15) is 8.42 Å². The van der Waals surface area contributed by atoms with E-state index in [1.165, 1.54) is 22.9 Å². The summed E-state index contributed by atoms with van der Waals surface area (Å²) in [6.45, 7) is 3.09. The van der Waals surface area contributed by atoms with Crippen LogP contribution >= 0.6 is 11.8 Å². The Balaban J connectivity index is 1.31. The van der Waals surface area contributed by atoms with Gasteiger partial charge in [0, 0.05) is 29.9 Å². The lowest BCUT2D eigenvalue weighted by atomic mass is 9.84. The van der Waals surface area contributed by atoms with Gasteiger partial charge in [-0.25, -0.2) is 13.1 Å². The Morgan fingerprint density at radius 3 is 1.77 bits per heavy atom.